The summed E-state index contributed by atoms with van der Waals surface area (Å²) in [6.07, 6.45) is 2.55. The molecule has 12 heteroatoms. The second-order valence-electron chi connectivity index (χ2n) is 9.95. The molecule has 0 aliphatic rings. The molecule has 0 saturated heterocycles. The quantitative estimate of drug-likeness (QED) is 0.216. The van der Waals surface area contributed by atoms with Crippen molar-refractivity contribution in [3.05, 3.63) is 101 Å². The summed E-state index contributed by atoms with van der Waals surface area (Å²) in [5.41, 5.74) is 1.13. The van der Waals surface area contributed by atoms with Crippen LogP contribution in [0.3, 0.4) is 0 Å². The maximum absolute atomic E-state index is 13.7. The third kappa shape index (κ3) is 6.45. The van der Waals surface area contributed by atoms with Crippen LogP contribution in [0.25, 0.3) is 16.6 Å². The first kappa shape index (κ1) is 30.0. The minimum absolute atomic E-state index is 0.0524. The number of para-hydroxylation sites is 1. The molecule has 5 aromatic rings. The zero-order chi connectivity index (χ0) is 31.2. The number of benzene rings is 2. The number of nitrogens with one attached hydrogen (secondary N) is 2. The highest BCUT2D eigenvalue weighted by Crippen LogP contribution is 2.30. The molecule has 3 aromatic heterocycles. The Labute approximate surface area is 253 Å². The minimum Gasteiger partial charge on any atom is -0.497 e. The predicted octanol–water partition coefficient (Wildman–Crippen LogP) is 4.09. The number of amides is 1. The van der Waals surface area contributed by atoms with Gasteiger partial charge in [-0.05, 0) is 63.4 Å². The fourth-order valence-electron chi connectivity index (χ4n) is 4.78. The number of rotatable bonds is 11. The van der Waals surface area contributed by atoms with Crippen molar-refractivity contribution in [2.24, 2.45) is 0 Å². The Bertz CT molecular complexity index is 1850. The van der Waals surface area contributed by atoms with Crippen LogP contribution in [0, 0.1) is 6.92 Å². The number of aromatic nitrogens is 4. The van der Waals surface area contributed by atoms with Gasteiger partial charge in [0.2, 0.25) is 0 Å². The van der Waals surface area contributed by atoms with Gasteiger partial charge in [-0.2, -0.15) is 0 Å². The van der Waals surface area contributed by atoms with Crippen LogP contribution in [-0.4, -0.2) is 58.0 Å². The van der Waals surface area contributed by atoms with E-state index in [1.54, 1.807) is 81.3 Å². The molecule has 0 saturated carbocycles. The summed E-state index contributed by atoms with van der Waals surface area (Å²) in [4.78, 5) is 47.8. The number of pyridine rings is 2. The fourth-order valence-corrected chi connectivity index (χ4v) is 4.78. The Morgan fingerprint density at radius 1 is 1.00 bits per heavy atom. The van der Waals surface area contributed by atoms with Gasteiger partial charge in [0.25, 0.3) is 11.5 Å². The van der Waals surface area contributed by atoms with Crippen molar-refractivity contribution in [3.8, 4) is 22.9 Å². The highest BCUT2D eigenvalue weighted by molar-refractivity contribution is 6.04. The third-order valence-electron chi connectivity index (χ3n) is 6.82. The first-order chi connectivity index (χ1) is 21.3. The number of hydrogen-bond acceptors (Lipinski definition) is 9. The van der Waals surface area contributed by atoms with E-state index >= 15 is 0 Å². The van der Waals surface area contributed by atoms with Crippen LogP contribution < -0.4 is 25.7 Å². The number of ether oxygens (including phenoxy) is 3. The first-order valence-electron chi connectivity index (χ1n) is 13.9. The Morgan fingerprint density at radius 2 is 1.77 bits per heavy atom. The number of likely N-dealkylation sites (N-methyl/N-ethyl adjacent to an activating group) is 1. The summed E-state index contributed by atoms with van der Waals surface area (Å²) in [6, 6.07) is 19.5. The van der Waals surface area contributed by atoms with Crippen LogP contribution in [0.5, 0.6) is 17.2 Å². The number of esters is 1. The molecule has 0 aliphatic carbocycles. The molecule has 0 bridgehead atoms. The van der Waals surface area contributed by atoms with Gasteiger partial charge in [-0.15, -0.1) is 0 Å². The molecule has 2 N–H and O–H groups in total. The second kappa shape index (κ2) is 13.2. The minimum atomic E-state index is -0.619. The average Bonchev–Trinajstić information content (AvgIpc) is 3.26. The summed E-state index contributed by atoms with van der Waals surface area (Å²) in [7, 11) is 3.24. The lowest BCUT2D eigenvalue weighted by Crippen LogP contribution is -2.30. The lowest BCUT2D eigenvalue weighted by molar-refractivity contribution is -0.147. The van der Waals surface area contributed by atoms with Crippen molar-refractivity contribution in [1.82, 2.24) is 24.6 Å². The maximum atomic E-state index is 13.7. The molecule has 0 spiro atoms. The molecule has 3 heterocycles. The molecular weight excluding hydrogens is 564 g/mol. The summed E-state index contributed by atoms with van der Waals surface area (Å²) < 4.78 is 19.8. The van der Waals surface area contributed by atoms with Crippen molar-refractivity contribution >= 4 is 28.6 Å². The third-order valence-corrected chi connectivity index (χ3v) is 6.82. The average molecular weight is 597 g/mol. The molecular formula is C32H32N6O6. The van der Waals surface area contributed by atoms with E-state index in [0.29, 0.717) is 34.1 Å². The van der Waals surface area contributed by atoms with Crippen molar-refractivity contribution < 1.29 is 23.8 Å². The molecule has 226 valence electrons. The molecule has 0 radical (unpaired) electrons. The van der Waals surface area contributed by atoms with Gasteiger partial charge in [0.05, 0.1) is 43.3 Å². The molecule has 5 rings (SSSR count). The van der Waals surface area contributed by atoms with E-state index in [1.807, 2.05) is 24.3 Å². The lowest BCUT2D eigenvalue weighted by atomic mass is 10.2. The molecule has 1 atom stereocenters. The number of hydrogen-bond donors (Lipinski definition) is 2. The van der Waals surface area contributed by atoms with Gasteiger partial charge in [0.15, 0.2) is 0 Å². The zero-order valence-corrected chi connectivity index (χ0v) is 24.7. The molecule has 2 aromatic carbocycles. The molecule has 44 heavy (non-hydrogen) atoms. The van der Waals surface area contributed by atoms with Crippen LogP contribution in [-0.2, 0) is 16.1 Å². The van der Waals surface area contributed by atoms with E-state index in [0.717, 1.165) is 5.39 Å². The summed E-state index contributed by atoms with van der Waals surface area (Å²) in [6.45, 7) is 3.61. The number of methoxy groups -OCH3 is 1. The largest absolute Gasteiger partial charge is 0.497 e. The van der Waals surface area contributed by atoms with Crippen molar-refractivity contribution in [2.75, 3.05) is 26.0 Å². The SMILES string of the molecule is CNCC(=O)OC(C)Cn1c(C)c(C(=O)Nc2ccc(Oc3ccnc4cc(OC)ccc34)cn2)c(=O)n1-c1ccccc1. The topological polar surface area (TPSA) is 139 Å². The maximum Gasteiger partial charge on any atom is 0.320 e. The van der Waals surface area contributed by atoms with Crippen LogP contribution >= 0.6 is 0 Å². The summed E-state index contributed by atoms with van der Waals surface area (Å²) in [5, 5.41) is 6.27. The van der Waals surface area contributed by atoms with Gasteiger partial charge in [0, 0.05) is 17.6 Å². The van der Waals surface area contributed by atoms with E-state index in [4.69, 9.17) is 14.2 Å². The fraction of sp³-hybridized carbons (Fsp3) is 0.219. The molecule has 0 aliphatic heterocycles. The van der Waals surface area contributed by atoms with Gasteiger partial charge in [-0.25, -0.2) is 9.67 Å². The van der Waals surface area contributed by atoms with Gasteiger partial charge in [0.1, 0.15) is 34.7 Å². The Kier molecular flexibility index (Phi) is 9.01. The standard InChI is InChI=1S/C32H32N6O6/c1-20(43-29(39)18-33-3)19-37-21(2)30(32(41)38(37)22-8-6-5-7-9-22)31(40)36-28-13-11-24(17-35-28)44-27-14-15-34-26-16-23(42-4)10-12-25(26)27/h5-17,20,33H,18-19H2,1-4H3,(H,35,36,40). The van der Waals surface area contributed by atoms with Gasteiger partial charge >= 0.3 is 5.97 Å². The monoisotopic (exact) mass is 596 g/mol. The van der Waals surface area contributed by atoms with E-state index in [2.05, 4.69) is 20.6 Å². The molecule has 12 nitrogen and oxygen atoms in total. The number of fused-ring (bicyclic) bond motifs is 1. The smallest absolute Gasteiger partial charge is 0.320 e. The zero-order valence-electron chi connectivity index (χ0n) is 24.7. The number of carbonyl (C=O) groups excluding carboxylic acids is 2. The van der Waals surface area contributed by atoms with E-state index < -0.39 is 23.5 Å². The molecule has 1 amide bonds. The van der Waals surface area contributed by atoms with Crippen molar-refractivity contribution in [2.45, 2.75) is 26.5 Å². The lowest BCUT2D eigenvalue weighted by Gasteiger charge is -2.18. The summed E-state index contributed by atoms with van der Waals surface area (Å²) in [5.74, 6) is 0.909. The number of anilines is 1. The Morgan fingerprint density at radius 3 is 2.48 bits per heavy atom. The van der Waals surface area contributed by atoms with E-state index in [9.17, 15) is 14.4 Å². The van der Waals surface area contributed by atoms with E-state index in [-0.39, 0.29) is 24.5 Å². The Balaban J connectivity index is 1.37. The Hall–Kier alpha value is -5.49. The highest BCUT2D eigenvalue weighted by Gasteiger charge is 2.25. The molecule has 1 unspecified atom stereocenters. The van der Waals surface area contributed by atoms with Crippen LogP contribution in [0.1, 0.15) is 23.0 Å². The van der Waals surface area contributed by atoms with Gasteiger partial charge < -0.3 is 24.8 Å². The van der Waals surface area contributed by atoms with E-state index in [1.165, 1.54) is 10.9 Å². The van der Waals surface area contributed by atoms with Crippen LogP contribution in [0.15, 0.2) is 83.9 Å². The predicted molar refractivity (Wildman–Crippen MR) is 165 cm³/mol. The number of nitrogens with zero attached hydrogens (tertiary/aromatic N) is 4. The van der Waals surface area contributed by atoms with Gasteiger partial charge in [-0.1, -0.05) is 18.2 Å². The summed E-state index contributed by atoms with van der Waals surface area (Å²) >= 11 is 0. The normalized spacial score (nSPS) is 11.6. The van der Waals surface area contributed by atoms with Crippen molar-refractivity contribution in [1.29, 1.82) is 0 Å². The highest BCUT2D eigenvalue weighted by atomic mass is 16.5. The second-order valence-corrected chi connectivity index (χ2v) is 9.95. The van der Waals surface area contributed by atoms with Crippen LogP contribution in [0.2, 0.25) is 0 Å². The first-order valence-corrected chi connectivity index (χ1v) is 13.9. The van der Waals surface area contributed by atoms with Crippen LogP contribution in [0.4, 0.5) is 5.82 Å². The van der Waals surface area contributed by atoms with Gasteiger partial charge in [-0.3, -0.25) is 24.0 Å². The van der Waals surface area contributed by atoms with Crippen molar-refractivity contribution in [3.63, 3.8) is 0 Å². The number of carbonyl (C=O) groups is 2. The molecule has 0 fully saturated rings.